The lowest BCUT2D eigenvalue weighted by atomic mass is 10.2. The number of esters is 1. The van der Waals surface area contributed by atoms with E-state index in [9.17, 15) is 4.79 Å². The van der Waals surface area contributed by atoms with E-state index >= 15 is 0 Å². The van der Waals surface area contributed by atoms with E-state index in [-0.39, 0.29) is 18.6 Å². The first-order chi connectivity index (χ1) is 8.10. The number of methoxy groups -OCH3 is 1. The molecule has 0 N–H and O–H groups in total. The quantitative estimate of drug-likeness (QED) is 0.734. The van der Waals surface area contributed by atoms with Crippen LogP contribution in [0.2, 0.25) is 0 Å². The first-order valence-corrected chi connectivity index (χ1v) is 5.27. The number of nitrogens with zero attached hydrogens (tertiary/aromatic N) is 3. The molecule has 0 aromatic carbocycles. The van der Waals surface area contributed by atoms with Crippen molar-refractivity contribution >= 4 is 11.7 Å². The zero-order chi connectivity index (χ0) is 12.8. The van der Waals surface area contributed by atoms with Gasteiger partial charge < -0.3 is 9.64 Å². The summed E-state index contributed by atoms with van der Waals surface area (Å²) < 4.78 is 4.64. The lowest BCUT2D eigenvalue weighted by Gasteiger charge is -2.27. The molecule has 1 aromatic rings. The number of nitriles is 1. The standard InChI is InChI=1S/C12H15N3O2/c1-9(2)15(8-12(16)17-3)11-7-14-5-4-10(11)6-13/h4-5,7,9H,8H2,1-3H3. The Kier molecular flexibility index (Phi) is 4.46. The first kappa shape index (κ1) is 13.0. The summed E-state index contributed by atoms with van der Waals surface area (Å²) in [6.07, 6.45) is 3.14. The van der Waals surface area contributed by atoms with Crippen molar-refractivity contribution in [2.45, 2.75) is 19.9 Å². The van der Waals surface area contributed by atoms with Crippen LogP contribution in [0.3, 0.4) is 0 Å². The second-order valence-corrected chi connectivity index (χ2v) is 3.80. The summed E-state index contributed by atoms with van der Waals surface area (Å²) >= 11 is 0. The maximum absolute atomic E-state index is 11.3. The zero-order valence-electron chi connectivity index (χ0n) is 10.2. The fourth-order valence-corrected chi connectivity index (χ4v) is 1.46. The van der Waals surface area contributed by atoms with Gasteiger partial charge in [-0.25, -0.2) is 0 Å². The average molecular weight is 233 g/mol. The molecule has 0 fully saturated rings. The van der Waals surface area contributed by atoms with Gasteiger partial charge in [0.05, 0.1) is 24.6 Å². The molecule has 0 aliphatic carbocycles. The number of carbonyl (C=O) groups is 1. The molecule has 1 heterocycles. The Labute approximate surface area is 101 Å². The van der Waals surface area contributed by atoms with Crippen molar-refractivity contribution < 1.29 is 9.53 Å². The first-order valence-electron chi connectivity index (χ1n) is 5.27. The number of hydrogen-bond donors (Lipinski definition) is 0. The van der Waals surface area contributed by atoms with Crippen LogP contribution in [0.4, 0.5) is 5.69 Å². The topological polar surface area (TPSA) is 66.2 Å². The van der Waals surface area contributed by atoms with Crippen molar-refractivity contribution in [1.29, 1.82) is 5.26 Å². The molecule has 1 rings (SSSR count). The second kappa shape index (κ2) is 5.85. The Morgan fingerprint density at radius 1 is 1.65 bits per heavy atom. The fraction of sp³-hybridized carbons (Fsp3) is 0.417. The van der Waals surface area contributed by atoms with Crippen molar-refractivity contribution in [1.82, 2.24) is 4.98 Å². The van der Waals surface area contributed by atoms with Crippen LogP contribution in [0.25, 0.3) is 0 Å². The summed E-state index contributed by atoms with van der Waals surface area (Å²) in [5.41, 5.74) is 1.15. The van der Waals surface area contributed by atoms with Gasteiger partial charge >= 0.3 is 5.97 Å². The molecule has 0 saturated heterocycles. The second-order valence-electron chi connectivity index (χ2n) is 3.80. The van der Waals surface area contributed by atoms with Crippen LogP contribution in [0.1, 0.15) is 19.4 Å². The number of rotatable bonds is 4. The molecule has 0 amide bonds. The molecule has 1 aromatic heterocycles. The van der Waals surface area contributed by atoms with E-state index in [0.717, 1.165) is 0 Å². The highest BCUT2D eigenvalue weighted by atomic mass is 16.5. The van der Waals surface area contributed by atoms with Crippen molar-refractivity contribution in [2.24, 2.45) is 0 Å². The third-order valence-corrected chi connectivity index (χ3v) is 2.38. The Bertz CT molecular complexity index is 438. The van der Waals surface area contributed by atoms with Gasteiger partial charge in [-0.3, -0.25) is 9.78 Å². The van der Waals surface area contributed by atoms with Crippen LogP contribution in [-0.4, -0.2) is 30.6 Å². The van der Waals surface area contributed by atoms with Gasteiger partial charge in [0.25, 0.3) is 0 Å². The number of hydrogen-bond acceptors (Lipinski definition) is 5. The average Bonchev–Trinajstić information content (AvgIpc) is 2.35. The van der Waals surface area contributed by atoms with Crippen LogP contribution in [0.5, 0.6) is 0 Å². The van der Waals surface area contributed by atoms with Crippen molar-refractivity contribution in [3.05, 3.63) is 24.0 Å². The van der Waals surface area contributed by atoms with Crippen LogP contribution >= 0.6 is 0 Å². The Morgan fingerprint density at radius 3 is 2.88 bits per heavy atom. The molecule has 0 radical (unpaired) electrons. The number of aromatic nitrogens is 1. The third kappa shape index (κ3) is 3.18. The van der Waals surface area contributed by atoms with E-state index < -0.39 is 0 Å². The van der Waals surface area contributed by atoms with Crippen LogP contribution in [0.15, 0.2) is 18.5 Å². The lowest BCUT2D eigenvalue weighted by Crippen LogP contribution is -2.36. The molecule has 5 nitrogen and oxygen atoms in total. The molecule has 0 spiro atoms. The van der Waals surface area contributed by atoms with Gasteiger partial charge in [-0.1, -0.05) is 0 Å². The predicted octanol–water partition coefficient (Wildman–Crippen LogP) is 1.34. The smallest absolute Gasteiger partial charge is 0.325 e. The Hall–Kier alpha value is -2.09. The molecule has 0 atom stereocenters. The Balaban J connectivity index is 3.06. The van der Waals surface area contributed by atoms with Crippen molar-refractivity contribution in [2.75, 3.05) is 18.6 Å². The van der Waals surface area contributed by atoms with Gasteiger partial charge in [-0.05, 0) is 19.9 Å². The highest BCUT2D eigenvalue weighted by Gasteiger charge is 2.18. The summed E-state index contributed by atoms with van der Waals surface area (Å²) in [6.45, 7) is 3.99. The van der Waals surface area contributed by atoms with E-state index in [4.69, 9.17) is 5.26 Å². The Morgan fingerprint density at radius 2 is 2.35 bits per heavy atom. The number of carbonyl (C=O) groups excluding carboxylic acids is 1. The van der Waals surface area contributed by atoms with Crippen LogP contribution in [0, 0.1) is 11.3 Å². The minimum Gasteiger partial charge on any atom is -0.468 e. The summed E-state index contributed by atoms with van der Waals surface area (Å²) in [6, 6.07) is 3.79. The molecule has 0 unspecified atom stereocenters. The molecular weight excluding hydrogens is 218 g/mol. The van der Waals surface area contributed by atoms with Crippen molar-refractivity contribution in [3.63, 3.8) is 0 Å². The van der Waals surface area contributed by atoms with Crippen LogP contribution in [-0.2, 0) is 9.53 Å². The maximum atomic E-state index is 11.3. The van der Waals surface area contributed by atoms with Gasteiger partial charge in [0, 0.05) is 12.2 Å². The molecule has 0 bridgehead atoms. The molecule has 17 heavy (non-hydrogen) atoms. The molecule has 5 heteroatoms. The van der Waals surface area contributed by atoms with Gasteiger partial charge in [-0.2, -0.15) is 5.26 Å². The van der Waals surface area contributed by atoms with E-state index in [1.165, 1.54) is 7.11 Å². The summed E-state index contributed by atoms with van der Waals surface area (Å²) in [5, 5.41) is 9.02. The van der Waals surface area contributed by atoms with E-state index in [1.54, 1.807) is 23.4 Å². The highest BCUT2D eigenvalue weighted by molar-refractivity contribution is 5.76. The zero-order valence-corrected chi connectivity index (χ0v) is 10.2. The molecular formula is C12H15N3O2. The summed E-state index contributed by atoms with van der Waals surface area (Å²) in [7, 11) is 1.34. The van der Waals surface area contributed by atoms with Gasteiger partial charge in [-0.15, -0.1) is 0 Å². The van der Waals surface area contributed by atoms with Crippen molar-refractivity contribution in [3.8, 4) is 6.07 Å². The number of ether oxygens (including phenoxy) is 1. The maximum Gasteiger partial charge on any atom is 0.325 e. The summed E-state index contributed by atoms with van der Waals surface area (Å²) in [5.74, 6) is -0.341. The molecule has 0 saturated carbocycles. The minimum absolute atomic E-state index is 0.0744. The fourth-order valence-electron chi connectivity index (χ4n) is 1.46. The third-order valence-electron chi connectivity index (χ3n) is 2.38. The van der Waals surface area contributed by atoms with E-state index in [2.05, 4.69) is 15.8 Å². The normalized spacial score (nSPS) is 9.82. The number of anilines is 1. The van der Waals surface area contributed by atoms with Gasteiger partial charge in [0.15, 0.2) is 0 Å². The van der Waals surface area contributed by atoms with Crippen LogP contribution < -0.4 is 4.90 Å². The molecule has 0 aliphatic heterocycles. The predicted molar refractivity (Wildman–Crippen MR) is 63.5 cm³/mol. The SMILES string of the molecule is COC(=O)CN(c1cnccc1C#N)C(C)C. The largest absolute Gasteiger partial charge is 0.468 e. The summed E-state index contributed by atoms with van der Waals surface area (Å²) in [4.78, 5) is 17.1. The molecule has 90 valence electrons. The highest BCUT2D eigenvalue weighted by Crippen LogP contribution is 2.20. The number of pyridine rings is 1. The van der Waals surface area contributed by atoms with Gasteiger partial charge in [0.2, 0.25) is 0 Å². The van der Waals surface area contributed by atoms with E-state index in [1.807, 2.05) is 13.8 Å². The molecule has 0 aliphatic rings. The minimum atomic E-state index is -0.341. The monoisotopic (exact) mass is 233 g/mol. The van der Waals surface area contributed by atoms with E-state index in [0.29, 0.717) is 11.3 Å². The lowest BCUT2D eigenvalue weighted by molar-refractivity contribution is -0.139. The van der Waals surface area contributed by atoms with Gasteiger partial charge in [0.1, 0.15) is 12.6 Å².